The minimum absolute atomic E-state index is 0. The third-order valence-corrected chi connectivity index (χ3v) is 13.8. The van der Waals surface area contributed by atoms with E-state index >= 15 is 0 Å². The van der Waals surface area contributed by atoms with Crippen LogP contribution in [0.15, 0.2) is 70.5 Å². The fraction of sp³-hybridized carbons (Fsp3) is 0.615. The van der Waals surface area contributed by atoms with Gasteiger partial charge in [0.1, 0.15) is 20.2 Å². The second kappa shape index (κ2) is 31.6. The largest absolute Gasteiger partial charge is 2.00 e. The summed E-state index contributed by atoms with van der Waals surface area (Å²) in [7, 11) is -8.84. The van der Waals surface area contributed by atoms with E-state index in [4.69, 9.17) is 0 Å². The first-order valence-electron chi connectivity index (χ1n) is 23.9. The Balaban J connectivity index is 0.000000413. The van der Waals surface area contributed by atoms with Gasteiger partial charge in [0, 0.05) is 0 Å². The van der Waals surface area contributed by atoms with Crippen molar-refractivity contribution in [3.05, 3.63) is 82.9 Å². The Bertz CT molecular complexity index is 1900. The van der Waals surface area contributed by atoms with Crippen molar-refractivity contribution in [1.29, 1.82) is 0 Å². The average Bonchev–Trinajstić information content (AvgIpc) is 3.22. The van der Waals surface area contributed by atoms with Crippen molar-refractivity contribution in [3.63, 3.8) is 0 Å². The van der Waals surface area contributed by atoms with Crippen LogP contribution in [-0.2, 0) is 45.9 Å². The summed E-state index contributed by atoms with van der Waals surface area (Å²) in [6.07, 6.45) is 34.7. The molecule has 0 saturated carbocycles. The second-order valence-electron chi connectivity index (χ2n) is 17.2. The SMILES string of the molecule is CCCCCCCCc1ccc2cc(S(=O)(=O)[O-])ccc2c1CCCCCCCC.CCCCCCCCc1ccc2cc(S(=O)(=O)[O-])ccc2c1CCCCCCCC.[Ba+2]. The molecule has 0 saturated heterocycles. The molecule has 0 unspecified atom stereocenters. The molecule has 336 valence electrons. The Hall–Kier alpha value is -1.21. The maximum atomic E-state index is 11.4. The van der Waals surface area contributed by atoms with Crippen LogP contribution in [0.25, 0.3) is 21.5 Å². The maximum absolute atomic E-state index is 11.4. The van der Waals surface area contributed by atoms with Crippen molar-refractivity contribution < 1.29 is 25.9 Å². The third-order valence-electron chi connectivity index (χ3n) is 12.1. The van der Waals surface area contributed by atoms with Crippen LogP contribution in [0, 0.1) is 0 Å². The summed E-state index contributed by atoms with van der Waals surface area (Å²) in [5, 5.41) is 3.94. The maximum Gasteiger partial charge on any atom is 2.00 e. The van der Waals surface area contributed by atoms with Crippen LogP contribution in [0.2, 0.25) is 0 Å². The van der Waals surface area contributed by atoms with Gasteiger partial charge in [-0.1, -0.05) is 193 Å². The smallest absolute Gasteiger partial charge is 0.744 e. The molecule has 0 aliphatic carbocycles. The van der Waals surface area contributed by atoms with E-state index in [9.17, 15) is 25.9 Å². The van der Waals surface area contributed by atoms with Crippen LogP contribution >= 0.6 is 0 Å². The average molecular weight is 1000 g/mol. The van der Waals surface area contributed by atoms with E-state index in [1.54, 1.807) is 0 Å². The van der Waals surface area contributed by atoms with Gasteiger partial charge in [-0.3, -0.25) is 0 Å². The van der Waals surface area contributed by atoms with Crippen molar-refractivity contribution in [2.75, 3.05) is 0 Å². The van der Waals surface area contributed by atoms with Crippen LogP contribution in [0.3, 0.4) is 0 Å². The van der Waals surface area contributed by atoms with Gasteiger partial charge < -0.3 is 9.11 Å². The molecule has 0 aromatic heterocycles. The second-order valence-corrected chi connectivity index (χ2v) is 19.9. The van der Waals surface area contributed by atoms with E-state index in [0.717, 1.165) is 60.1 Å². The molecule has 0 heterocycles. The standard InChI is InChI=1S/2C26H40O3S.Ba/c2*1-3-5-7-9-11-13-15-22-17-18-23-21-24(30(27,28)29)19-20-26(23)25(22)16-14-12-10-8-6-4-2;/h2*17-21H,3-16H2,1-2H3,(H,27,28,29);/q;;+2/p-2. The minimum Gasteiger partial charge on any atom is -0.744 e. The molecular weight excluding hydrogens is 922 g/mol. The summed E-state index contributed by atoms with van der Waals surface area (Å²) < 4.78 is 68.5. The number of aryl methyl sites for hydroxylation is 4. The topological polar surface area (TPSA) is 114 Å². The molecule has 9 heteroatoms. The molecule has 0 atom stereocenters. The summed E-state index contributed by atoms with van der Waals surface area (Å²) in [6.45, 7) is 8.96. The molecule has 0 amide bonds. The minimum atomic E-state index is -4.42. The van der Waals surface area contributed by atoms with Gasteiger partial charge in [0.15, 0.2) is 0 Å². The molecule has 4 rings (SSSR count). The van der Waals surface area contributed by atoms with Crippen LogP contribution in [0.1, 0.15) is 204 Å². The molecule has 61 heavy (non-hydrogen) atoms. The first-order chi connectivity index (χ1) is 28.9. The molecular formula is C52H78BaO6S2. The van der Waals surface area contributed by atoms with Gasteiger partial charge in [-0.15, -0.1) is 0 Å². The van der Waals surface area contributed by atoms with Crippen molar-refractivity contribution in [2.45, 2.75) is 217 Å². The monoisotopic (exact) mass is 1000 g/mol. The Morgan fingerprint density at radius 3 is 0.934 bits per heavy atom. The van der Waals surface area contributed by atoms with Crippen LogP contribution in [0.4, 0.5) is 0 Å². The molecule has 0 spiro atoms. The van der Waals surface area contributed by atoms with Crippen LogP contribution in [-0.4, -0.2) is 74.8 Å². The zero-order chi connectivity index (χ0) is 43.6. The van der Waals surface area contributed by atoms with Gasteiger partial charge in [-0.2, -0.15) is 0 Å². The number of unbranched alkanes of at least 4 members (excludes halogenated alkanes) is 20. The Morgan fingerprint density at radius 2 is 0.639 bits per heavy atom. The Kier molecular flexibility index (Phi) is 29.0. The quantitative estimate of drug-likeness (QED) is 0.0292. The zero-order valence-electron chi connectivity index (χ0n) is 38.5. The molecule has 6 nitrogen and oxygen atoms in total. The Labute approximate surface area is 412 Å². The molecule has 0 N–H and O–H groups in total. The fourth-order valence-electron chi connectivity index (χ4n) is 8.56. The van der Waals surface area contributed by atoms with Crippen molar-refractivity contribution in [1.82, 2.24) is 0 Å². The summed E-state index contributed by atoms with van der Waals surface area (Å²) in [4.78, 5) is -0.270. The Morgan fingerprint density at radius 1 is 0.361 bits per heavy atom. The molecule has 0 bridgehead atoms. The molecule has 0 radical (unpaired) electrons. The number of rotatable bonds is 30. The van der Waals surface area contributed by atoms with Crippen molar-refractivity contribution >= 4 is 90.7 Å². The van der Waals surface area contributed by atoms with E-state index in [-0.39, 0.29) is 58.7 Å². The first-order valence-corrected chi connectivity index (χ1v) is 26.8. The summed E-state index contributed by atoms with van der Waals surface area (Å²) in [5.74, 6) is 0. The summed E-state index contributed by atoms with van der Waals surface area (Å²) in [5.41, 5.74) is 5.49. The third kappa shape index (κ3) is 21.1. The number of hydrogen-bond donors (Lipinski definition) is 0. The van der Waals surface area contributed by atoms with Crippen LogP contribution in [0.5, 0.6) is 0 Å². The van der Waals surface area contributed by atoms with Gasteiger partial charge in [-0.05, 0) is 119 Å². The molecule has 4 aromatic rings. The summed E-state index contributed by atoms with van der Waals surface area (Å²) >= 11 is 0. The molecule has 4 aromatic carbocycles. The molecule has 0 fully saturated rings. The van der Waals surface area contributed by atoms with E-state index in [0.29, 0.717) is 0 Å². The zero-order valence-corrected chi connectivity index (χ0v) is 44.6. The van der Waals surface area contributed by atoms with E-state index in [2.05, 4.69) is 39.8 Å². The van der Waals surface area contributed by atoms with Gasteiger partial charge in [-0.25, -0.2) is 16.8 Å². The van der Waals surface area contributed by atoms with Gasteiger partial charge in [0.2, 0.25) is 0 Å². The van der Waals surface area contributed by atoms with E-state index in [1.165, 1.54) is 188 Å². The fourth-order valence-corrected chi connectivity index (χ4v) is 9.57. The van der Waals surface area contributed by atoms with Gasteiger partial charge in [0.05, 0.1) is 9.79 Å². The first kappa shape index (κ1) is 55.9. The van der Waals surface area contributed by atoms with Crippen molar-refractivity contribution in [2.24, 2.45) is 0 Å². The predicted molar refractivity (Wildman–Crippen MR) is 258 cm³/mol. The normalized spacial score (nSPS) is 11.8. The predicted octanol–water partition coefficient (Wildman–Crippen LogP) is 14.7. The van der Waals surface area contributed by atoms with Crippen molar-refractivity contribution in [3.8, 4) is 0 Å². The summed E-state index contributed by atoms with van der Waals surface area (Å²) in [6, 6.07) is 18.0. The number of benzene rings is 4. The van der Waals surface area contributed by atoms with Gasteiger partial charge in [0.25, 0.3) is 0 Å². The molecule has 0 aliphatic heterocycles. The van der Waals surface area contributed by atoms with E-state index < -0.39 is 20.2 Å². The number of fused-ring (bicyclic) bond motifs is 2. The van der Waals surface area contributed by atoms with Crippen LogP contribution < -0.4 is 0 Å². The van der Waals surface area contributed by atoms with E-state index in [1.807, 2.05) is 24.3 Å². The number of hydrogen-bond acceptors (Lipinski definition) is 6. The van der Waals surface area contributed by atoms with Gasteiger partial charge >= 0.3 is 48.9 Å². The molecule has 0 aliphatic rings.